The van der Waals surface area contributed by atoms with E-state index in [1.807, 2.05) is 6.92 Å². The van der Waals surface area contributed by atoms with E-state index in [4.69, 9.17) is 0 Å². The molecule has 0 N–H and O–H groups in total. The second kappa shape index (κ2) is 8.31. The van der Waals surface area contributed by atoms with Gasteiger partial charge in [-0.25, -0.2) is 9.37 Å². The molecule has 31 heavy (non-hydrogen) atoms. The van der Waals surface area contributed by atoms with Gasteiger partial charge >= 0.3 is 0 Å². The van der Waals surface area contributed by atoms with E-state index in [2.05, 4.69) is 4.98 Å². The number of nitro benzene ring substituents is 1. The fourth-order valence-corrected chi connectivity index (χ4v) is 3.43. The van der Waals surface area contributed by atoms with Crippen molar-refractivity contribution in [3.63, 3.8) is 0 Å². The molecular formula is C24H18FN3O3. The molecule has 0 fully saturated rings. The van der Waals surface area contributed by atoms with Crippen LogP contribution in [0.2, 0.25) is 0 Å². The summed E-state index contributed by atoms with van der Waals surface area (Å²) in [4.78, 5) is 28.7. The standard InChI is InChI=1S/C24H18FN3O3/c1-2-17-9-7-16(15-22(17)28(30)31)8-14-23-26-21-6-4-3-5-20(21)24(29)27(23)19-12-10-18(25)11-13-19/h3-15H,2H2,1H3. The molecule has 6 nitrogen and oxygen atoms in total. The fraction of sp³-hybridized carbons (Fsp3) is 0.0833. The van der Waals surface area contributed by atoms with E-state index >= 15 is 0 Å². The summed E-state index contributed by atoms with van der Waals surface area (Å²) in [5.41, 5.74) is 2.01. The summed E-state index contributed by atoms with van der Waals surface area (Å²) in [6.45, 7) is 1.86. The third-order valence-electron chi connectivity index (χ3n) is 5.00. The van der Waals surface area contributed by atoms with Crippen molar-refractivity contribution in [2.75, 3.05) is 0 Å². The highest BCUT2D eigenvalue weighted by molar-refractivity contribution is 5.80. The van der Waals surface area contributed by atoms with Crippen molar-refractivity contribution in [2.24, 2.45) is 0 Å². The molecule has 0 aliphatic carbocycles. The number of halogens is 1. The average Bonchev–Trinajstić information content (AvgIpc) is 2.78. The van der Waals surface area contributed by atoms with E-state index in [1.165, 1.54) is 34.9 Å². The summed E-state index contributed by atoms with van der Waals surface area (Å²) >= 11 is 0. The molecule has 0 bridgehead atoms. The summed E-state index contributed by atoms with van der Waals surface area (Å²) in [7, 11) is 0. The lowest BCUT2D eigenvalue weighted by Gasteiger charge is -2.11. The Balaban J connectivity index is 1.88. The first-order valence-electron chi connectivity index (χ1n) is 9.71. The third-order valence-corrected chi connectivity index (χ3v) is 5.00. The van der Waals surface area contributed by atoms with Gasteiger partial charge in [0, 0.05) is 11.6 Å². The van der Waals surface area contributed by atoms with Crippen molar-refractivity contribution in [3.8, 4) is 5.69 Å². The second-order valence-electron chi connectivity index (χ2n) is 6.94. The number of aromatic nitrogens is 2. The van der Waals surface area contributed by atoms with Crippen LogP contribution < -0.4 is 5.56 Å². The Hall–Kier alpha value is -4.13. The SMILES string of the molecule is CCc1ccc(C=Cc2nc3ccccc3c(=O)n2-c2ccc(F)cc2)cc1[N+](=O)[O-]. The Kier molecular flexibility index (Phi) is 5.41. The average molecular weight is 415 g/mol. The minimum absolute atomic E-state index is 0.0482. The molecule has 0 aliphatic heterocycles. The lowest BCUT2D eigenvalue weighted by atomic mass is 10.1. The zero-order chi connectivity index (χ0) is 22.0. The van der Waals surface area contributed by atoms with Crippen molar-refractivity contribution in [1.82, 2.24) is 9.55 Å². The van der Waals surface area contributed by atoms with Crippen LogP contribution in [-0.2, 0) is 6.42 Å². The topological polar surface area (TPSA) is 78.0 Å². The quantitative estimate of drug-likeness (QED) is 0.333. The summed E-state index contributed by atoms with van der Waals surface area (Å²) in [5, 5.41) is 11.8. The van der Waals surface area contributed by atoms with Crippen LogP contribution in [0.15, 0.2) is 71.5 Å². The van der Waals surface area contributed by atoms with Crippen LogP contribution in [0.1, 0.15) is 23.9 Å². The molecule has 7 heteroatoms. The van der Waals surface area contributed by atoms with Gasteiger partial charge in [0.1, 0.15) is 11.6 Å². The molecule has 1 aromatic heterocycles. The molecule has 0 radical (unpaired) electrons. The van der Waals surface area contributed by atoms with Crippen LogP contribution in [-0.4, -0.2) is 14.5 Å². The number of fused-ring (bicyclic) bond motifs is 1. The van der Waals surface area contributed by atoms with Gasteiger partial charge in [0.2, 0.25) is 0 Å². The van der Waals surface area contributed by atoms with E-state index in [-0.39, 0.29) is 11.2 Å². The molecule has 4 rings (SSSR count). The zero-order valence-corrected chi connectivity index (χ0v) is 16.7. The van der Waals surface area contributed by atoms with Crippen LogP contribution >= 0.6 is 0 Å². The van der Waals surface area contributed by atoms with Gasteiger partial charge in [0.15, 0.2) is 0 Å². The van der Waals surface area contributed by atoms with Gasteiger partial charge in [0.05, 0.1) is 21.5 Å². The second-order valence-corrected chi connectivity index (χ2v) is 6.94. The lowest BCUT2D eigenvalue weighted by Crippen LogP contribution is -2.22. The highest BCUT2D eigenvalue weighted by Crippen LogP contribution is 2.22. The number of hydrogen-bond donors (Lipinski definition) is 0. The highest BCUT2D eigenvalue weighted by Gasteiger charge is 2.13. The van der Waals surface area contributed by atoms with E-state index in [9.17, 15) is 19.3 Å². The van der Waals surface area contributed by atoms with Crippen LogP contribution in [0, 0.1) is 15.9 Å². The number of para-hydroxylation sites is 1. The van der Waals surface area contributed by atoms with Gasteiger partial charge in [-0.2, -0.15) is 0 Å². The number of nitrogens with zero attached hydrogens (tertiary/aromatic N) is 3. The summed E-state index contributed by atoms with van der Waals surface area (Å²) < 4.78 is 14.8. The van der Waals surface area contributed by atoms with Crippen molar-refractivity contribution < 1.29 is 9.31 Å². The number of rotatable bonds is 5. The third kappa shape index (κ3) is 3.98. The van der Waals surface area contributed by atoms with Gasteiger partial charge in [-0.15, -0.1) is 0 Å². The maximum atomic E-state index is 13.4. The molecule has 0 spiro atoms. The Labute approximate surface area is 177 Å². The first-order chi connectivity index (χ1) is 15.0. The van der Waals surface area contributed by atoms with Gasteiger partial charge < -0.3 is 0 Å². The van der Waals surface area contributed by atoms with Gasteiger partial charge in [0.25, 0.3) is 11.2 Å². The van der Waals surface area contributed by atoms with Crippen LogP contribution in [0.25, 0.3) is 28.7 Å². The van der Waals surface area contributed by atoms with Gasteiger partial charge in [-0.3, -0.25) is 19.5 Å². The Bertz CT molecular complexity index is 1380. The Morgan fingerprint density at radius 1 is 1.06 bits per heavy atom. The smallest absolute Gasteiger partial charge is 0.268 e. The molecule has 0 saturated heterocycles. The normalized spacial score (nSPS) is 11.3. The molecule has 0 amide bonds. The molecular weight excluding hydrogens is 397 g/mol. The molecule has 0 atom stereocenters. The van der Waals surface area contributed by atoms with E-state index < -0.39 is 10.7 Å². The molecule has 0 unspecified atom stereocenters. The number of nitro groups is 1. The van der Waals surface area contributed by atoms with Gasteiger partial charge in [-0.1, -0.05) is 37.3 Å². The molecule has 1 heterocycles. The van der Waals surface area contributed by atoms with E-state index in [0.29, 0.717) is 40.0 Å². The monoisotopic (exact) mass is 415 g/mol. The lowest BCUT2D eigenvalue weighted by molar-refractivity contribution is -0.385. The van der Waals surface area contributed by atoms with Gasteiger partial charge in [-0.05, 0) is 54.5 Å². The van der Waals surface area contributed by atoms with Crippen molar-refractivity contribution >= 4 is 28.7 Å². The predicted octanol–water partition coefficient (Wildman–Crippen LogP) is 5.17. The number of hydrogen-bond acceptors (Lipinski definition) is 4. The van der Waals surface area contributed by atoms with Crippen molar-refractivity contribution in [1.29, 1.82) is 0 Å². The Morgan fingerprint density at radius 3 is 2.52 bits per heavy atom. The molecule has 0 aliphatic rings. The Morgan fingerprint density at radius 2 is 1.81 bits per heavy atom. The number of aryl methyl sites for hydroxylation is 1. The maximum Gasteiger partial charge on any atom is 0.273 e. The van der Waals surface area contributed by atoms with Crippen molar-refractivity contribution in [3.05, 3.63) is 110 Å². The minimum Gasteiger partial charge on any atom is -0.268 e. The molecule has 0 saturated carbocycles. The minimum atomic E-state index is -0.411. The molecule has 4 aromatic rings. The first kappa shape index (κ1) is 20.2. The van der Waals surface area contributed by atoms with Crippen LogP contribution in [0.5, 0.6) is 0 Å². The number of benzene rings is 3. The molecule has 154 valence electrons. The fourth-order valence-electron chi connectivity index (χ4n) is 3.43. The van der Waals surface area contributed by atoms with E-state index in [0.717, 1.165) is 0 Å². The van der Waals surface area contributed by atoms with Crippen LogP contribution in [0.3, 0.4) is 0 Å². The zero-order valence-electron chi connectivity index (χ0n) is 16.7. The summed E-state index contributed by atoms with van der Waals surface area (Å²) in [6, 6.07) is 17.5. The van der Waals surface area contributed by atoms with Crippen molar-refractivity contribution in [2.45, 2.75) is 13.3 Å². The summed E-state index contributed by atoms with van der Waals surface area (Å²) in [6.07, 6.45) is 3.85. The molecule has 3 aromatic carbocycles. The summed E-state index contributed by atoms with van der Waals surface area (Å²) in [5.74, 6) is -0.0801. The largest absolute Gasteiger partial charge is 0.273 e. The van der Waals surface area contributed by atoms with Crippen LogP contribution in [0.4, 0.5) is 10.1 Å². The highest BCUT2D eigenvalue weighted by atomic mass is 19.1. The van der Waals surface area contributed by atoms with E-state index in [1.54, 1.807) is 48.6 Å². The first-order valence-corrected chi connectivity index (χ1v) is 9.71. The maximum absolute atomic E-state index is 13.4. The predicted molar refractivity (Wildman–Crippen MR) is 119 cm³/mol.